The molecule has 1 aliphatic rings. The van der Waals surface area contributed by atoms with Gasteiger partial charge in [0.15, 0.2) is 0 Å². The molecule has 3 heterocycles. The van der Waals surface area contributed by atoms with E-state index in [4.69, 9.17) is 9.72 Å². The van der Waals surface area contributed by atoms with E-state index in [0.717, 1.165) is 46.1 Å². The zero-order valence-electron chi connectivity index (χ0n) is 22.0. The van der Waals surface area contributed by atoms with Gasteiger partial charge in [-0.3, -0.25) is 20.2 Å². The number of carbonyl (C=O) groups excluding carboxylic acids is 2. The summed E-state index contributed by atoms with van der Waals surface area (Å²) >= 11 is 0. The van der Waals surface area contributed by atoms with E-state index < -0.39 is 12.0 Å². The minimum Gasteiger partial charge on any atom is -0.451 e. The van der Waals surface area contributed by atoms with Crippen LogP contribution in [-0.4, -0.2) is 45.7 Å². The SMILES string of the molecule is COC(=O)N(NC(=O)c1c(CN2CCc3[nH]ncc3C2)c(-c2ccccc2)nc2ccccc12)c1ccccc1. The van der Waals surface area contributed by atoms with Gasteiger partial charge < -0.3 is 4.74 Å². The van der Waals surface area contributed by atoms with Crippen LogP contribution in [0.4, 0.5) is 10.5 Å². The summed E-state index contributed by atoms with van der Waals surface area (Å²) in [5, 5.41) is 9.12. The maximum atomic E-state index is 14.2. The molecule has 0 saturated heterocycles. The van der Waals surface area contributed by atoms with Crippen LogP contribution in [0.3, 0.4) is 0 Å². The molecule has 2 amide bonds. The lowest BCUT2D eigenvalue weighted by Gasteiger charge is -2.29. The molecule has 0 fully saturated rings. The molecule has 0 bridgehead atoms. The fraction of sp³-hybridized carbons (Fsp3) is 0.161. The smallest absolute Gasteiger partial charge is 0.433 e. The highest BCUT2D eigenvalue weighted by Crippen LogP contribution is 2.33. The maximum Gasteiger partial charge on any atom is 0.433 e. The van der Waals surface area contributed by atoms with Crippen molar-refractivity contribution in [2.75, 3.05) is 18.7 Å². The Bertz CT molecular complexity index is 1670. The molecule has 200 valence electrons. The average molecular weight is 533 g/mol. The Kier molecular flexibility index (Phi) is 6.95. The molecular formula is C31H28N6O3. The van der Waals surface area contributed by atoms with Gasteiger partial charge in [0, 0.05) is 53.8 Å². The Morgan fingerprint density at radius 2 is 1.73 bits per heavy atom. The lowest BCUT2D eigenvalue weighted by molar-refractivity contribution is 0.0940. The second kappa shape index (κ2) is 11.0. The quantitative estimate of drug-likeness (QED) is 0.305. The Morgan fingerprint density at radius 3 is 2.50 bits per heavy atom. The van der Waals surface area contributed by atoms with Crippen molar-refractivity contribution in [3.63, 3.8) is 0 Å². The number of hydrogen-bond donors (Lipinski definition) is 2. The molecular weight excluding hydrogens is 504 g/mol. The van der Waals surface area contributed by atoms with Crippen molar-refractivity contribution in [3.8, 4) is 11.3 Å². The summed E-state index contributed by atoms with van der Waals surface area (Å²) in [6.45, 7) is 1.99. The number of aromatic amines is 1. The van der Waals surface area contributed by atoms with E-state index in [1.165, 1.54) is 7.11 Å². The number of methoxy groups -OCH3 is 1. The molecule has 9 nitrogen and oxygen atoms in total. The van der Waals surface area contributed by atoms with Crippen LogP contribution < -0.4 is 10.4 Å². The molecule has 0 saturated carbocycles. The molecule has 40 heavy (non-hydrogen) atoms. The summed E-state index contributed by atoms with van der Waals surface area (Å²) in [6.07, 6.45) is 1.99. The third-order valence-electron chi connectivity index (χ3n) is 7.11. The fourth-order valence-electron chi connectivity index (χ4n) is 5.18. The third kappa shape index (κ3) is 4.90. The minimum atomic E-state index is -0.703. The van der Waals surface area contributed by atoms with E-state index in [9.17, 15) is 9.59 Å². The van der Waals surface area contributed by atoms with Crippen molar-refractivity contribution in [2.24, 2.45) is 0 Å². The highest BCUT2D eigenvalue weighted by atomic mass is 16.5. The molecule has 1 aliphatic heterocycles. The molecule has 6 rings (SSSR count). The largest absolute Gasteiger partial charge is 0.451 e. The summed E-state index contributed by atoms with van der Waals surface area (Å²) in [7, 11) is 1.28. The average Bonchev–Trinajstić information content (AvgIpc) is 3.48. The number of hydrazine groups is 1. The predicted molar refractivity (Wildman–Crippen MR) is 152 cm³/mol. The number of benzene rings is 3. The number of rotatable bonds is 5. The number of para-hydroxylation sites is 2. The Morgan fingerprint density at radius 1 is 1.00 bits per heavy atom. The van der Waals surface area contributed by atoms with Crippen LogP contribution >= 0.6 is 0 Å². The maximum absolute atomic E-state index is 14.2. The monoisotopic (exact) mass is 532 g/mol. The summed E-state index contributed by atoms with van der Waals surface area (Å²) in [6, 6.07) is 26.3. The first kappa shape index (κ1) is 25.3. The third-order valence-corrected chi connectivity index (χ3v) is 7.11. The van der Waals surface area contributed by atoms with E-state index in [1.807, 2.05) is 66.9 Å². The van der Waals surface area contributed by atoms with Crippen molar-refractivity contribution >= 4 is 28.6 Å². The van der Waals surface area contributed by atoms with E-state index in [0.29, 0.717) is 35.2 Å². The molecule has 0 aliphatic carbocycles. The fourth-order valence-corrected chi connectivity index (χ4v) is 5.18. The first-order valence-corrected chi connectivity index (χ1v) is 13.1. The number of ether oxygens (including phenoxy) is 1. The second-order valence-corrected chi connectivity index (χ2v) is 9.61. The lowest BCUT2D eigenvalue weighted by Crippen LogP contribution is -2.47. The molecule has 5 aromatic rings. The molecule has 2 aromatic heterocycles. The molecule has 0 unspecified atom stereocenters. The van der Waals surface area contributed by atoms with Gasteiger partial charge in [-0.2, -0.15) is 10.1 Å². The van der Waals surface area contributed by atoms with Crippen molar-refractivity contribution < 1.29 is 14.3 Å². The number of fused-ring (bicyclic) bond motifs is 2. The number of pyridine rings is 1. The first-order valence-electron chi connectivity index (χ1n) is 13.1. The lowest BCUT2D eigenvalue weighted by atomic mass is 9.95. The number of nitrogens with zero attached hydrogens (tertiary/aromatic N) is 4. The normalized spacial score (nSPS) is 13.0. The molecule has 0 radical (unpaired) electrons. The van der Waals surface area contributed by atoms with Crippen LogP contribution in [-0.2, 0) is 24.2 Å². The van der Waals surface area contributed by atoms with Gasteiger partial charge in [0.1, 0.15) is 0 Å². The number of amides is 2. The molecule has 0 spiro atoms. The van der Waals surface area contributed by atoms with Crippen LogP contribution in [0.1, 0.15) is 27.2 Å². The molecule has 2 N–H and O–H groups in total. The van der Waals surface area contributed by atoms with Gasteiger partial charge in [-0.15, -0.1) is 0 Å². The zero-order valence-corrected chi connectivity index (χ0v) is 22.0. The highest BCUT2D eigenvalue weighted by molar-refractivity contribution is 6.10. The van der Waals surface area contributed by atoms with Crippen molar-refractivity contribution in [1.29, 1.82) is 0 Å². The van der Waals surface area contributed by atoms with Crippen LogP contribution in [0.15, 0.2) is 91.1 Å². The summed E-state index contributed by atoms with van der Waals surface area (Å²) in [5.74, 6) is -0.430. The van der Waals surface area contributed by atoms with Gasteiger partial charge >= 0.3 is 6.09 Å². The Hall–Kier alpha value is -5.02. The van der Waals surface area contributed by atoms with Crippen molar-refractivity contribution in [2.45, 2.75) is 19.5 Å². The Balaban J connectivity index is 1.49. The van der Waals surface area contributed by atoms with Crippen LogP contribution in [0.5, 0.6) is 0 Å². The van der Waals surface area contributed by atoms with Gasteiger partial charge in [-0.1, -0.05) is 66.7 Å². The van der Waals surface area contributed by atoms with Crippen molar-refractivity contribution in [1.82, 2.24) is 25.5 Å². The number of anilines is 1. The summed E-state index contributed by atoms with van der Waals surface area (Å²) in [5.41, 5.74) is 9.17. The van der Waals surface area contributed by atoms with E-state index in [-0.39, 0.29) is 0 Å². The number of carbonyl (C=O) groups is 2. The summed E-state index contributed by atoms with van der Waals surface area (Å²) in [4.78, 5) is 34.4. The first-order chi connectivity index (χ1) is 19.6. The van der Waals surface area contributed by atoms with E-state index >= 15 is 0 Å². The van der Waals surface area contributed by atoms with Gasteiger partial charge in [-0.05, 0) is 18.2 Å². The Labute approximate surface area is 231 Å². The molecule has 3 aromatic carbocycles. The molecule has 9 heteroatoms. The van der Waals surface area contributed by atoms with Gasteiger partial charge in [0.25, 0.3) is 5.91 Å². The van der Waals surface area contributed by atoms with Crippen LogP contribution in [0, 0.1) is 0 Å². The summed E-state index contributed by atoms with van der Waals surface area (Å²) < 4.78 is 5.00. The number of H-pyrrole nitrogens is 1. The second-order valence-electron chi connectivity index (χ2n) is 9.61. The van der Waals surface area contributed by atoms with Gasteiger partial charge in [0.05, 0.1) is 35.8 Å². The highest BCUT2D eigenvalue weighted by Gasteiger charge is 2.28. The zero-order chi connectivity index (χ0) is 27.5. The number of nitrogens with one attached hydrogen (secondary N) is 2. The van der Waals surface area contributed by atoms with Gasteiger partial charge in [-0.25, -0.2) is 9.78 Å². The number of aromatic nitrogens is 3. The number of hydrogen-bond acceptors (Lipinski definition) is 6. The van der Waals surface area contributed by atoms with Crippen LogP contribution in [0.25, 0.3) is 22.2 Å². The topological polar surface area (TPSA) is 103 Å². The predicted octanol–water partition coefficient (Wildman–Crippen LogP) is 5.10. The molecule has 0 atom stereocenters. The standard InChI is InChI=1S/C31H28N6O3/c1-40-31(39)37(23-12-6-3-7-13-23)35-30(38)28-24-14-8-9-15-27(24)33-29(21-10-4-2-5-11-21)25(28)20-36-17-16-26-22(19-36)18-32-34-26/h2-15,18H,16-17,19-20H2,1H3,(H,32,34)(H,35,38). The van der Waals surface area contributed by atoms with Crippen molar-refractivity contribution in [3.05, 3.63) is 114 Å². The van der Waals surface area contributed by atoms with Crippen LogP contribution in [0.2, 0.25) is 0 Å². The van der Waals surface area contributed by atoms with Gasteiger partial charge in [0.2, 0.25) is 0 Å². The minimum absolute atomic E-state index is 0.430. The van der Waals surface area contributed by atoms with E-state index in [2.05, 4.69) is 20.5 Å². The van der Waals surface area contributed by atoms with E-state index in [1.54, 1.807) is 24.3 Å².